The summed E-state index contributed by atoms with van der Waals surface area (Å²) in [5.74, 6) is -0.401. The third-order valence-corrected chi connectivity index (χ3v) is 3.97. The molecule has 1 aromatic rings. The van der Waals surface area contributed by atoms with E-state index in [4.69, 9.17) is 9.84 Å². The number of nitrogens with one attached hydrogen (secondary N) is 1. The minimum Gasteiger partial charge on any atom is -0.481 e. The summed E-state index contributed by atoms with van der Waals surface area (Å²) >= 11 is 0. The number of hydrogen-bond donors (Lipinski definition) is 2. The number of alkyl carbamates (subject to hydrolysis) is 1. The molecular weight excluding hydrogens is 270 g/mol. The fourth-order valence-corrected chi connectivity index (χ4v) is 2.53. The van der Waals surface area contributed by atoms with E-state index in [-0.39, 0.29) is 18.9 Å². The van der Waals surface area contributed by atoms with Crippen LogP contribution in [0.25, 0.3) is 0 Å². The van der Waals surface area contributed by atoms with Crippen LogP contribution in [0.2, 0.25) is 0 Å². The highest BCUT2D eigenvalue weighted by Gasteiger charge is 2.29. The number of hydrogen-bond acceptors (Lipinski definition) is 3. The lowest BCUT2D eigenvalue weighted by molar-refractivity contribution is -0.138. The third-order valence-electron chi connectivity index (χ3n) is 3.97. The monoisotopic (exact) mass is 291 g/mol. The van der Waals surface area contributed by atoms with Crippen LogP contribution >= 0.6 is 0 Å². The van der Waals surface area contributed by atoms with Gasteiger partial charge in [0.25, 0.3) is 0 Å². The Kier molecular flexibility index (Phi) is 5.60. The SMILES string of the molecule is O=C(O)CC(CNC(=O)OCc1ccccc1)C1CCC1. The van der Waals surface area contributed by atoms with Gasteiger partial charge in [0.2, 0.25) is 0 Å². The zero-order valence-electron chi connectivity index (χ0n) is 12.0. The van der Waals surface area contributed by atoms with Crippen molar-refractivity contribution >= 4 is 12.1 Å². The van der Waals surface area contributed by atoms with Gasteiger partial charge in [-0.25, -0.2) is 4.79 Å². The van der Waals surface area contributed by atoms with E-state index in [0.717, 1.165) is 24.8 Å². The van der Waals surface area contributed by atoms with Crippen LogP contribution in [-0.2, 0) is 16.1 Å². The van der Waals surface area contributed by atoms with Crippen LogP contribution in [0.3, 0.4) is 0 Å². The summed E-state index contributed by atoms with van der Waals surface area (Å²) in [6, 6.07) is 9.44. The standard InChI is InChI=1S/C16H21NO4/c18-15(19)9-14(13-7-4-8-13)10-17-16(20)21-11-12-5-2-1-3-6-12/h1-3,5-6,13-14H,4,7-11H2,(H,17,20)(H,18,19). The minimum atomic E-state index is -0.814. The molecular formula is C16H21NO4. The summed E-state index contributed by atoms with van der Waals surface area (Å²) in [6.45, 7) is 0.588. The number of benzene rings is 1. The molecule has 1 aliphatic carbocycles. The molecule has 0 spiro atoms. The van der Waals surface area contributed by atoms with Gasteiger partial charge in [-0.05, 0) is 17.4 Å². The molecule has 114 valence electrons. The van der Waals surface area contributed by atoms with Crippen molar-refractivity contribution in [3.63, 3.8) is 0 Å². The fourth-order valence-electron chi connectivity index (χ4n) is 2.53. The van der Waals surface area contributed by atoms with Crippen molar-refractivity contribution < 1.29 is 19.4 Å². The van der Waals surface area contributed by atoms with Crippen molar-refractivity contribution in [3.05, 3.63) is 35.9 Å². The summed E-state index contributed by atoms with van der Waals surface area (Å²) < 4.78 is 5.12. The first-order valence-corrected chi connectivity index (χ1v) is 7.31. The molecule has 1 fully saturated rings. The van der Waals surface area contributed by atoms with E-state index in [1.165, 1.54) is 0 Å². The first-order chi connectivity index (χ1) is 10.1. The van der Waals surface area contributed by atoms with Gasteiger partial charge in [0.1, 0.15) is 6.61 Å². The topological polar surface area (TPSA) is 75.6 Å². The van der Waals surface area contributed by atoms with E-state index in [1.807, 2.05) is 30.3 Å². The Bertz CT molecular complexity index is 470. The number of carboxylic acid groups (broad SMARTS) is 1. The molecule has 2 N–H and O–H groups in total. The van der Waals surface area contributed by atoms with Crippen LogP contribution in [0.4, 0.5) is 4.79 Å². The molecule has 1 aliphatic rings. The van der Waals surface area contributed by atoms with Crippen LogP contribution in [0.1, 0.15) is 31.2 Å². The zero-order chi connectivity index (χ0) is 15.1. The van der Waals surface area contributed by atoms with Gasteiger partial charge in [-0.2, -0.15) is 0 Å². The van der Waals surface area contributed by atoms with Gasteiger partial charge in [0.05, 0.1) is 6.42 Å². The number of ether oxygens (including phenoxy) is 1. The largest absolute Gasteiger partial charge is 0.481 e. The average Bonchev–Trinajstić information content (AvgIpc) is 2.41. The first kappa shape index (κ1) is 15.4. The second-order valence-corrected chi connectivity index (χ2v) is 5.49. The smallest absolute Gasteiger partial charge is 0.407 e. The predicted molar refractivity (Wildman–Crippen MR) is 77.7 cm³/mol. The molecule has 0 heterocycles. The molecule has 0 bridgehead atoms. The van der Waals surface area contributed by atoms with E-state index < -0.39 is 12.1 Å². The zero-order valence-corrected chi connectivity index (χ0v) is 12.0. The molecule has 0 radical (unpaired) electrons. The highest BCUT2D eigenvalue weighted by Crippen LogP contribution is 2.34. The first-order valence-electron chi connectivity index (χ1n) is 7.31. The normalized spacial score (nSPS) is 15.8. The van der Waals surface area contributed by atoms with Crippen molar-refractivity contribution in [1.29, 1.82) is 0 Å². The molecule has 21 heavy (non-hydrogen) atoms. The molecule has 5 nitrogen and oxygen atoms in total. The van der Waals surface area contributed by atoms with Gasteiger partial charge in [-0.15, -0.1) is 0 Å². The summed E-state index contributed by atoms with van der Waals surface area (Å²) in [5, 5.41) is 11.6. The number of carboxylic acids is 1. The molecule has 5 heteroatoms. The lowest BCUT2D eigenvalue weighted by atomic mass is 9.74. The average molecular weight is 291 g/mol. The number of carbonyl (C=O) groups is 2. The Morgan fingerprint density at radius 3 is 2.57 bits per heavy atom. The highest BCUT2D eigenvalue weighted by molar-refractivity contribution is 5.68. The Labute approximate surface area is 124 Å². The van der Waals surface area contributed by atoms with Crippen molar-refractivity contribution in [2.24, 2.45) is 11.8 Å². The summed E-state index contributed by atoms with van der Waals surface area (Å²) in [7, 11) is 0. The molecule has 0 aliphatic heterocycles. The van der Waals surface area contributed by atoms with Crippen molar-refractivity contribution in [2.45, 2.75) is 32.3 Å². The van der Waals surface area contributed by atoms with Gasteiger partial charge in [-0.3, -0.25) is 4.79 Å². The Morgan fingerprint density at radius 1 is 1.29 bits per heavy atom. The fraction of sp³-hybridized carbons (Fsp3) is 0.500. The van der Waals surface area contributed by atoms with Gasteiger partial charge in [0.15, 0.2) is 0 Å². The Hall–Kier alpha value is -2.04. The van der Waals surface area contributed by atoms with Gasteiger partial charge in [-0.1, -0.05) is 49.6 Å². The van der Waals surface area contributed by atoms with Crippen LogP contribution in [0, 0.1) is 11.8 Å². The van der Waals surface area contributed by atoms with E-state index in [1.54, 1.807) is 0 Å². The lowest BCUT2D eigenvalue weighted by Crippen LogP contribution is -2.36. The molecule has 0 aromatic heterocycles. The van der Waals surface area contributed by atoms with E-state index in [0.29, 0.717) is 12.5 Å². The maximum Gasteiger partial charge on any atom is 0.407 e. The summed E-state index contributed by atoms with van der Waals surface area (Å²) in [6.07, 6.45) is 2.87. The van der Waals surface area contributed by atoms with Crippen molar-refractivity contribution in [1.82, 2.24) is 5.32 Å². The maximum atomic E-state index is 11.7. The molecule has 1 amide bonds. The minimum absolute atomic E-state index is 0.000486. The van der Waals surface area contributed by atoms with Crippen LogP contribution in [0.15, 0.2) is 30.3 Å². The quantitative estimate of drug-likeness (QED) is 0.810. The number of rotatable bonds is 7. The molecule has 2 rings (SSSR count). The van der Waals surface area contributed by atoms with Crippen molar-refractivity contribution in [2.75, 3.05) is 6.54 Å². The Balaban J connectivity index is 1.72. The number of amides is 1. The Morgan fingerprint density at radius 2 is 2.00 bits per heavy atom. The molecule has 1 atom stereocenters. The summed E-state index contributed by atoms with van der Waals surface area (Å²) in [5.41, 5.74) is 0.925. The summed E-state index contributed by atoms with van der Waals surface area (Å²) in [4.78, 5) is 22.5. The molecule has 1 saturated carbocycles. The molecule has 1 aromatic carbocycles. The van der Waals surface area contributed by atoms with Crippen LogP contribution < -0.4 is 5.32 Å². The maximum absolute atomic E-state index is 11.7. The van der Waals surface area contributed by atoms with Gasteiger partial charge >= 0.3 is 12.1 Å². The molecule has 1 unspecified atom stereocenters. The number of carbonyl (C=O) groups excluding carboxylic acids is 1. The third kappa shape index (κ3) is 5.10. The second-order valence-electron chi connectivity index (χ2n) is 5.49. The van der Waals surface area contributed by atoms with Crippen LogP contribution in [-0.4, -0.2) is 23.7 Å². The van der Waals surface area contributed by atoms with E-state index in [2.05, 4.69) is 5.32 Å². The van der Waals surface area contributed by atoms with E-state index in [9.17, 15) is 9.59 Å². The second kappa shape index (κ2) is 7.67. The molecule has 0 saturated heterocycles. The lowest BCUT2D eigenvalue weighted by Gasteiger charge is -2.33. The van der Waals surface area contributed by atoms with Crippen molar-refractivity contribution in [3.8, 4) is 0 Å². The predicted octanol–water partition coefficient (Wildman–Crippen LogP) is 2.80. The van der Waals surface area contributed by atoms with Gasteiger partial charge in [0, 0.05) is 6.54 Å². The van der Waals surface area contributed by atoms with Crippen LogP contribution in [0.5, 0.6) is 0 Å². The number of aliphatic carboxylic acids is 1. The highest BCUT2D eigenvalue weighted by atomic mass is 16.5. The van der Waals surface area contributed by atoms with Gasteiger partial charge < -0.3 is 15.2 Å². The van der Waals surface area contributed by atoms with E-state index >= 15 is 0 Å².